The van der Waals surface area contributed by atoms with E-state index in [1.807, 2.05) is 36.5 Å². The Hall–Kier alpha value is -3.55. The van der Waals surface area contributed by atoms with Crippen molar-refractivity contribution in [2.45, 2.75) is 39.5 Å². The van der Waals surface area contributed by atoms with E-state index < -0.39 is 0 Å². The van der Waals surface area contributed by atoms with Crippen LogP contribution in [0.1, 0.15) is 50.7 Å². The van der Waals surface area contributed by atoms with Crippen molar-refractivity contribution >= 4 is 32.6 Å². The van der Waals surface area contributed by atoms with Gasteiger partial charge in [0.25, 0.3) is 0 Å². The van der Waals surface area contributed by atoms with Crippen LogP contribution in [-0.2, 0) is 21.1 Å². The third-order valence-corrected chi connectivity index (χ3v) is 7.23. The number of aromatic hydroxyl groups is 1. The van der Waals surface area contributed by atoms with Crippen LogP contribution in [0.15, 0.2) is 85.1 Å². The van der Waals surface area contributed by atoms with Gasteiger partial charge in [0.05, 0.1) is 0 Å². The van der Waals surface area contributed by atoms with Gasteiger partial charge in [-0.25, -0.2) is 0 Å². The van der Waals surface area contributed by atoms with Crippen molar-refractivity contribution in [1.29, 1.82) is 0 Å². The van der Waals surface area contributed by atoms with E-state index in [1.54, 1.807) is 6.07 Å². The first-order chi connectivity index (χ1) is 17.9. The van der Waals surface area contributed by atoms with Gasteiger partial charge in [-0.1, -0.05) is 110 Å². The quantitative estimate of drug-likeness (QED) is 0.150. The van der Waals surface area contributed by atoms with Gasteiger partial charge in [-0.15, -0.1) is 12.1 Å². The molecular weight excluding hydrogens is 647 g/mol. The summed E-state index contributed by atoms with van der Waals surface area (Å²) in [4.78, 5) is 9.65. The molecule has 0 radical (unpaired) electrons. The van der Waals surface area contributed by atoms with Crippen LogP contribution in [0.4, 0.5) is 0 Å². The largest absolute Gasteiger partial charge is 0.506 e. The van der Waals surface area contributed by atoms with Crippen molar-refractivity contribution in [2.24, 2.45) is 0 Å². The average Bonchev–Trinajstić information content (AvgIpc) is 2.92. The Morgan fingerprint density at radius 3 is 2.13 bits per heavy atom. The molecule has 6 aromatic rings. The van der Waals surface area contributed by atoms with Crippen molar-refractivity contribution in [3.8, 4) is 28.1 Å². The molecule has 2 aromatic heterocycles. The van der Waals surface area contributed by atoms with Crippen molar-refractivity contribution in [3.05, 3.63) is 102 Å². The van der Waals surface area contributed by atoms with Crippen LogP contribution in [-0.4, -0.2) is 15.1 Å². The minimum atomic E-state index is 0. The molecule has 0 atom stereocenters. The number of hydrogen-bond acceptors (Lipinski definition) is 3. The molecule has 0 bridgehead atoms. The smallest absolute Gasteiger partial charge is 0.141 e. The molecule has 38 heavy (non-hydrogen) atoms. The molecule has 1 N–H and O–H groups in total. The number of pyridine rings is 2. The molecule has 192 valence electrons. The van der Waals surface area contributed by atoms with E-state index in [9.17, 15) is 5.11 Å². The van der Waals surface area contributed by atoms with E-state index in [0.29, 0.717) is 17.4 Å². The van der Waals surface area contributed by atoms with E-state index in [1.165, 1.54) is 22.3 Å². The Morgan fingerprint density at radius 2 is 1.39 bits per heavy atom. The van der Waals surface area contributed by atoms with Gasteiger partial charge in [0, 0.05) is 43.9 Å². The number of phenols is 1. The summed E-state index contributed by atoms with van der Waals surface area (Å²) in [5.74, 6) is 0.913. The maximum Gasteiger partial charge on any atom is 0.141 e. The number of aromatic nitrogens is 2. The predicted molar refractivity (Wildman–Crippen MR) is 154 cm³/mol. The minimum Gasteiger partial charge on any atom is -0.506 e. The summed E-state index contributed by atoms with van der Waals surface area (Å²) in [6.45, 7) is 9.02. The second-order valence-electron chi connectivity index (χ2n) is 10.3. The van der Waals surface area contributed by atoms with Gasteiger partial charge in [-0.05, 0) is 46.0 Å². The number of benzene rings is 4. The molecular formula is C34H29N2OPt-. The van der Waals surface area contributed by atoms with E-state index in [2.05, 4.69) is 76.2 Å². The molecule has 0 aliphatic rings. The van der Waals surface area contributed by atoms with Crippen molar-refractivity contribution < 1.29 is 26.2 Å². The van der Waals surface area contributed by atoms with E-state index in [0.717, 1.165) is 38.3 Å². The molecule has 0 unspecified atom stereocenters. The van der Waals surface area contributed by atoms with Gasteiger partial charge in [0.1, 0.15) is 11.3 Å². The summed E-state index contributed by atoms with van der Waals surface area (Å²) >= 11 is 0. The van der Waals surface area contributed by atoms with Crippen LogP contribution in [0.5, 0.6) is 5.75 Å². The number of rotatable bonds is 4. The third kappa shape index (κ3) is 4.40. The molecule has 6 rings (SSSR count). The molecule has 4 aromatic carbocycles. The van der Waals surface area contributed by atoms with Crippen LogP contribution in [0.25, 0.3) is 55.0 Å². The van der Waals surface area contributed by atoms with Gasteiger partial charge < -0.3 is 5.11 Å². The Labute approximate surface area is 237 Å². The SMILES string of the molecule is CC(C)c1cccc(C(C)C)c1-c1cc(-c2ccc3cccc(O)c3n2)[c-]c2c1ccc1cccnc12.[Pt]. The zero-order valence-electron chi connectivity index (χ0n) is 21.9. The number of nitrogens with zero attached hydrogens (tertiary/aromatic N) is 2. The number of phenolic OH excluding ortho intramolecular Hbond substituents is 1. The maximum atomic E-state index is 10.5. The molecule has 0 saturated carbocycles. The third-order valence-electron chi connectivity index (χ3n) is 7.23. The molecule has 0 spiro atoms. The van der Waals surface area contributed by atoms with Gasteiger partial charge in [-0.2, -0.15) is 0 Å². The van der Waals surface area contributed by atoms with Gasteiger partial charge in [0.15, 0.2) is 0 Å². The van der Waals surface area contributed by atoms with E-state index in [-0.39, 0.29) is 26.8 Å². The Morgan fingerprint density at radius 1 is 0.737 bits per heavy atom. The number of hydrogen-bond donors (Lipinski definition) is 1. The standard InChI is InChI=1S/C34H29N2O.Pt/c1-20(2)25-10-6-11-26(21(3)4)32(25)28-18-24(30-16-14-23-8-5-12-31(37)34(23)36-30)19-29-27(28)15-13-22-9-7-17-35-33(22)29;/h5-18,20-21,37H,1-4H3;/q-1;. The van der Waals surface area contributed by atoms with Crippen molar-refractivity contribution in [1.82, 2.24) is 9.97 Å². The first kappa shape index (κ1) is 26.1. The fourth-order valence-electron chi connectivity index (χ4n) is 5.38. The summed E-state index contributed by atoms with van der Waals surface area (Å²) in [7, 11) is 0. The van der Waals surface area contributed by atoms with Crippen LogP contribution >= 0.6 is 0 Å². The zero-order valence-corrected chi connectivity index (χ0v) is 24.2. The number of fused-ring (bicyclic) bond motifs is 4. The van der Waals surface area contributed by atoms with Crippen LogP contribution in [0, 0.1) is 6.07 Å². The molecule has 0 aliphatic heterocycles. The molecule has 3 nitrogen and oxygen atoms in total. The van der Waals surface area contributed by atoms with Gasteiger partial charge >= 0.3 is 0 Å². The predicted octanol–water partition coefficient (Wildman–Crippen LogP) is 9.02. The van der Waals surface area contributed by atoms with Gasteiger partial charge in [-0.3, -0.25) is 9.97 Å². The van der Waals surface area contributed by atoms with Crippen LogP contribution in [0.3, 0.4) is 0 Å². The first-order valence-corrected chi connectivity index (χ1v) is 12.9. The first-order valence-electron chi connectivity index (χ1n) is 12.9. The molecule has 4 heteroatoms. The van der Waals surface area contributed by atoms with Crippen LogP contribution < -0.4 is 0 Å². The normalized spacial score (nSPS) is 11.5. The Bertz CT molecular complexity index is 1780. The monoisotopic (exact) mass is 676 g/mol. The topological polar surface area (TPSA) is 46.0 Å². The minimum absolute atomic E-state index is 0. The van der Waals surface area contributed by atoms with E-state index >= 15 is 0 Å². The maximum absolute atomic E-state index is 10.5. The summed E-state index contributed by atoms with van der Waals surface area (Å²) in [5.41, 5.74) is 8.30. The van der Waals surface area contributed by atoms with Crippen molar-refractivity contribution in [2.75, 3.05) is 0 Å². The fourth-order valence-corrected chi connectivity index (χ4v) is 5.38. The number of para-hydroxylation sites is 1. The zero-order chi connectivity index (χ0) is 25.7. The molecule has 0 amide bonds. The second kappa shape index (κ2) is 10.3. The molecule has 0 fully saturated rings. The summed E-state index contributed by atoms with van der Waals surface area (Å²) in [6.07, 6.45) is 1.84. The molecule has 0 aliphatic carbocycles. The van der Waals surface area contributed by atoms with E-state index in [4.69, 9.17) is 9.97 Å². The summed E-state index contributed by atoms with van der Waals surface area (Å²) in [5, 5.41) is 14.6. The van der Waals surface area contributed by atoms with Crippen LogP contribution in [0.2, 0.25) is 0 Å². The Kier molecular flexibility index (Phi) is 7.07. The molecule has 0 saturated heterocycles. The summed E-state index contributed by atoms with van der Waals surface area (Å²) in [6, 6.07) is 30.5. The molecule has 2 heterocycles. The summed E-state index contributed by atoms with van der Waals surface area (Å²) < 4.78 is 0. The Balaban J connectivity index is 0.00000294. The van der Waals surface area contributed by atoms with Crippen molar-refractivity contribution in [3.63, 3.8) is 0 Å². The average molecular weight is 677 g/mol. The second-order valence-corrected chi connectivity index (χ2v) is 10.3. The fraction of sp³-hybridized carbons (Fsp3) is 0.176. The van der Waals surface area contributed by atoms with Gasteiger partial charge in [0.2, 0.25) is 0 Å².